The molecule has 0 fully saturated rings. The molecule has 1 amide bonds. The molecular weight excluding hydrogens is 204 g/mol. The van der Waals surface area contributed by atoms with E-state index in [2.05, 4.69) is 10.3 Å². The summed E-state index contributed by atoms with van der Waals surface area (Å²) in [6, 6.07) is 1.93. The van der Waals surface area contributed by atoms with Gasteiger partial charge in [-0.05, 0) is 20.3 Å². The van der Waals surface area contributed by atoms with Gasteiger partial charge in [0, 0.05) is 17.9 Å². The van der Waals surface area contributed by atoms with Gasteiger partial charge < -0.3 is 9.88 Å². The molecule has 0 atom stereocenters. The fourth-order valence-electron chi connectivity index (χ4n) is 1.21. The second-order valence-corrected chi connectivity index (χ2v) is 4.28. The first kappa shape index (κ1) is 12.2. The van der Waals surface area contributed by atoms with Crippen LogP contribution in [0.2, 0.25) is 0 Å². The molecule has 0 spiro atoms. The van der Waals surface area contributed by atoms with Gasteiger partial charge in [0.2, 0.25) is 11.7 Å². The number of carbonyl (C=O) groups excluding carboxylic acids is 1. The molecule has 1 heterocycles. The zero-order valence-corrected chi connectivity index (χ0v) is 9.82. The van der Waals surface area contributed by atoms with Gasteiger partial charge in [-0.25, -0.2) is 4.98 Å². The summed E-state index contributed by atoms with van der Waals surface area (Å²) in [5, 5.41) is 11.6. The van der Waals surface area contributed by atoms with E-state index in [1.54, 1.807) is 6.20 Å². The minimum absolute atomic E-state index is 0.110. The summed E-state index contributed by atoms with van der Waals surface area (Å²) in [5.41, 5.74) is -0.218. The van der Waals surface area contributed by atoms with Crippen LogP contribution in [-0.4, -0.2) is 21.0 Å². The highest BCUT2D eigenvalue weighted by molar-refractivity contribution is 5.76. The van der Waals surface area contributed by atoms with E-state index in [9.17, 15) is 4.79 Å². The Kier molecular flexibility index (Phi) is 3.67. The Balaban J connectivity index is 2.63. The molecule has 5 heteroatoms. The largest absolute Gasteiger partial charge is 0.350 e. The molecular formula is C11H16N4O. The lowest BCUT2D eigenvalue weighted by atomic mass is 10.0. The van der Waals surface area contributed by atoms with E-state index < -0.39 is 0 Å². The third-order valence-electron chi connectivity index (χ3n) is 2.49. The van der Waals surface area contributed by atoms with Gasteiger partial charge in [-0.3, -0.25) is 4.79 Å². The summed E-state index contributed by atoms with van der Waals surface area (Å²) in [7, 11) is 0. The topological polar surface area (TPSA) is 70.7 Å². The number of aromatic nitrogens is 2. The number of imidazole rings is 1. The quantitative estimate of drug-likeness (QED) is 0.824. The van der Waals surface area contributed by atoms with Crippen molar-refractivity contribution in [3.8, 4) is 6.07 Å². The summed E-state index contributed by atoms with van der Waals surface area (Å²) >= 11 is 0. The van der Waals surface area contributed by atoms with Crippen LogP contribution in [-0.2, 0) is 11.3 Å². The maximum atomic E-state index is 11.7. The van der Waals surface area contributed by atoms with Crippen LogP contribution in [0.15, 0.2) is 12.4 Å². The first-order valence-electron chi connectivity index (χ1n) is 5.21. The summed E-state index contributed by atoms with van der Waals surface area (Å²) in [6.45, 7) is 6.07. The molecule has 1 N–H and O–H groups in total. The lowest BCUT2D eigenvalue weighted by Gasteiger charge is -2.24. The van der Waals surface area contributed by atoms with Gasteiger partial charge in [-0.1, -0.05) is 6.92 Å². The summed E-state index contributed by atoms with van der Waals surface area (Å²) in [6.07, 6.45) is 3.99. The van der Waals surface area contributed by atoms with Crippen molar-refractivity contribution in [3.05, 3.63) is 18.2 Å². The van der Waals surface area contributed by atoms with Crippen LogP contribution >= 0.6 is 0 Å². The van der Waals surface area contributed by atoms with Crippen molar-refractivity contribution >= 4 is 5.91 Å². The van der Waals surface area contributed by atoms with E-state index in [0.717, 1.165) is 6.42 Å². The lowest BCUT2D eigenvalue weighted by Crippen LogP contribution is -2.44. The van der Waals surface area contributed by atoms with E-state index >= 15 is 0 Å². The van der Waals surface area contributed by atoms with Crippen molar-refractivity contribution in [2.75, 3.05) is 0 Å². The predicted molar refractivity (Wildman–Crippen MR) is 59.5 cm³/mol. The average molecular weight is 220 g/mol. The Morgan fingerprint density at radius 3 is 2.94 bits per heavy atom. The molecule has 0 aliphatic carbocycles. The van der Waals surface area contributed by atoms with E-state index in [1.165, 1.54) is 10.8 Å². The number of amides is 1. The number of hydrogen-bond acceptors (Lipinski definition) is 3. The number of nitrogens with one attached hydrogen (secondary N) is 1. The maximum Gasteiger partial charge on any atom is 0.240 e. The fourth-order valence-corrected chi connectivity index (χ4v) is 1.21. The van der Waals surface area contributed by atoms with Gasteiger partial charge >= 0.3 is 0 Å². The van der Waals surface area contributed by atoms with Crippen LogP contribution in [0.5, 0.6) is 0 Å². The lowest BCUT2D eigenvalue weighted by molar-refractivity contribution is -0.123. The van der Waals surface area contributed by atoms with E-state index in [1.807, 2.05) is 26.8 Å². The summed E-state index contributed by atoms with van der Waals surface area (Å²) < 4.78 is 1.53. The van der Waals surface area contributed by atoms with Crippen LogP contribution in [0.4, 0.5) is 0 Å². The molecule has 5 nitrogen and oxygen atoms in total. The molecule has 0 saturated heterocycles. The standard InChI is InChI=1S/C11H16N4O/c1-4-11(2,3)14-10(16)8-15-6-5-13-9(15)7-12/h5-6H,4,8H2,1-3H3,(H,14,16). The molecule has 1 aromatic heterocycles. The molecule has 0 aliphatic rings. The van der Waals surface area contributed by atoms with Crippen LogP contribution < -0.4 is 5.32 Å². The number of carbonyl (C=O) groups is 1. The van der Waals surface area contributed by atoms with E-state index in [-0.39, 0.29) is 23.8 Å². The Labute approximate surface area is 95.1 Å². The Bertz CT molecular complexity index is 414. The van der Waals surface area contributed by atoms with Gasteiger partial charge in [0.15, 0.2) is 0 Å². The first-order valence-corrected chi connectivity index (χ1v) is 5.21. The Morgan fingerprint density at radius 1 is 1.69 bits per heavy atom. The molecule has 86 valence electrons. The molecule has 1 rings (SSSR count). The zero-order valence-electron chi connectivity index (χ0n) is 9.82. The minimum Gasteiger partial charge on any atom is -0.350 e. The second-order valence-electron chi connectivity index (χ2n) is 4.28. The molecule has 0 radical (unpaired) electrons. The molecule has 0 aliphatic heterocycles. The van der Waals surface area contributed by atoms with Crippen molar-refractivity contribution in [2.24, 2.45) is 0 Å². The van der Waals surface area contributed by atoms with Gasteiger partial charge in [-0.2, -0.15) is 5.26 Å². The number of nitriles is 1. The molecule has 0 aromatic carbocycles. The number of nitrogens with zero attached hydrogens (tertiary/aromatic N) is 3. The normalized spacial score (nSPS) is 10.9. The van der Waals surface area contributed by atoms with Crippen LogP contribution in [0.25, 0.3) is 0 Å². The van der Waals surface area contributed by atoms with Crippen LogP contribution in [0.3, 0.4) is 0 Å². The van der Waals surface area contributed by atoms with Crippen molar-refractivity contribution < 1.29 is 4.79 Å². The molecule has 16 heavy (non-hydrogen) atoms. The number of rotatable bonds is 4. The van der Waals surface area contributed by atoms with Gasteiger partial charge in [-0.15, -0.1) is 0 Å². The van der Waals surface area contributed by atoms with Gasteiger partial charge in [0.1, 0.15) is 12.6 Å². The molecule has 0 saturated carbocycles. The third-order valence-corrected chi connectivity index (χ3v) is 2.49. The summed E-state index contributed by atoms with van der Waals surface area (Å²) in [5.74, 6) is 0.144. The monoisotopic (exact) mass is 220 g/mol. The highest BCUT2D eigenvalue weighted by atomic mass is 16.2. The Hall–Kier alpha value is -1.83. The molecule has 1 aromatic rings. The predicted octanol–water partition coefficient (Wildman–Crippen LogP) is 1.06. The zero-order chi connectivity index (χ0) is 12.2. The summed E-state index contributed by atoms with van der Waals surface area (Å²) in [4.78, 5) is 15.5. The second kappa shape index (κ2) is 4.79. The SMILES string of the molecule is CCC(C)(C)NC(=O)Cn1ccnc1C#N. The van der Waals surface area contributed by atoms with Crippen molar-refractivity contribution in [1.29, 1.82) is 5.26 Å². The van der Waals surface area contributed by atoms with E-state index in [4.69, 9.17) is 5.26 Å². The molecule has 0 unspecified atom stereocenters. The fraction of sp³-hybridized carbons (Fsp3) is 0.545. The smallest absolute Gasteiger partial charge is 0.240 e. The Morgan fingerprint density at radius 2 is 2.38 bits per heavy atom. The van der Waals surface area contributed by atoms with E-state index in [0.29, 0.717) is 0 Å². The average Bonchev–Trinajstić information content (AvgIpc) is 2.64. The number of hydrogen-bond donors (Lipinski definition) is 1. The van der Waals surface area contributed by atoms with Crippen molar-refractivity contribution in [2.45, 2.75) is 39.3 Å². The van der Waals surface area contributed by atoms with Crippen LogP contribution in [0.1, 0.15) is 33.0 Å². The van der Waals surface area contributed by atoms with Crippen molar-refractivity contribution in [1.82, 2.24) is 14.9 Å². The van der Waals surface area contributed by atoms with Gasteiger partial charge in [0.05, 0.1) is 0 Å². The molecule has 0 bridgehead atoms. The van der Waals surface area contributed by atoms with Crippen molar-refractivity contribution in [3.63, 3.8) is 0 Å². The highest BCUT2D eigenvalue weighted by Crippen LogP contribution is 2.06. The highest BCUT2D eigenvalue weighted by Gasteiger charge is 2.18. The third kappa shape index (κ3) is 3.09. The minimum atomic E-state index is -0.218. The maximum absolute atomic E-state index is 11.7. The van der Waals surface area contributed by atoms with Gasteiger partial charge in [0.25, 0.3) is 0 Å². The van der Waals surface area contributed by atoms with Crippen LogP contribution in [0, 0.1) is 11.3 Å². The first-order chi connectivity index (χ1) is 7.48.